The van der Waals surface area contributed by atoms with Crippen molar-refractivity contribution in [1.29, 1.82) is 0 Å². The minimum Gasteiger partial charge on any atom is -0.440 e. The normalized spacial score (nSPS) is 12.8. The summed E-state index contributed by atoms with van der Waals surface area (Å²) in [6.07, 6.45) is 2.23. The third-order valence-electron chi connectivity index (χ3n) is 1.53. The number of nitrogens with two attached hydrogens (primary N) is 1. The van der Waals surface area contributed by atoms with Crippen LogP contribution in [0.3, 0.4) is 0 Å². The van der Waals surface area contributed by atoms with Crippen LogP contribution in [-0.4, -0.2) is 16.1 Å². The average molecular weight is 200 g/mol. The predicted molar refractivity (Wildman–Crippen MR) is 50.4 cm³/mol. The number of oxazole rings is 1. The van der Waals surface area contributed by atoms with Crippen LogP contribution in [0.25, 0.3) is 0 Å². The number of rotatable bonds is 4. The fourth-order valence-corrected chi connectivity index (χ4v) is 1.68. The molecule has 0 aromatic carbocycles. The summed E-state index contributed by atoms with van der Waals surface area (Å²) in [6, 6.07) is 0. The summed E-state index contributed by atoms with van der Waals surface area (Å²) in [7, 11) is 0. The number of hydrogen-bond acceptors (Lipinski definition) is 4. The molecule has 1 aromatic rings. The monoisotopic (exact) mass is 200 g/mol. The van der Waals surface area contributed by atoms with Crippen molar-refractivity contribution in [2.45, 2.75) is 30.7 Å². The first kappa shape index (κ1) is 10.1. The molecule has 0 bridgehead atoms. The van der Waals surface area contributed by atoms with E-state index in [2.05, 4.69) is 4.98 Å². The molecule has 1 rings (SSSR count). The van der Waals surface area contributed by atoms with Gasteiger partial charge >= 0.3 is 0 Å². The SMILES string of the molecule is CCC(Sc1nc(C)co1)C(N)=O. The molecule has 4 nitrogen and oxygen atoms in total. The molecular formula is C8H12N2O2S. The molecule has 1 atom stereocenters. The van der Waals surface area contributed by atoms with Crippen molar-refractivity contribution in [3.8, 4) is 0 Å². The maximum absolute atomic E-state index is 10.9. The van der Waals surface area contributed by atoms with Crippen molar-refractivity contribution in [1.82, 2.24) is 4.98 Å². The Morgan fingerprint density at radius 1 is 1.85 bits per heavy atom. The molecule has 1 aromatic heterocycles. The fourth-order valence-electron chi connectivity index (χ4n) is 0.851. The van der Waals surface area contributed by atoms with Crippen LogP contribution in [0.4, 0.5) is 0 Å². The van der Waals surface area contributed by atoms with Gasteiger partial charge in [-0.2, -0.15) is 0 Å². The van der Waals surface area contributed by atoms with Gasteiger partial charge < -0.3 is 10.2 Å². The molecule has 0 aliphatic carbocycles. The Morgan fingerprint density at radius 2 is 2.54 bits per heavy atom. The van der Waals surface area contributed by atoms with Gasteiger partial charge in [-0.1, -0.05) is 18.7 Å². The summed E-state index contributed by atoms with van der Waals surface area (Å²) in [5.41, 5.74) is 5.98. The molecule has 0 spiro atoms. The summed E-state index contributed by atoms with van der Waals surface area (Å²) in [6.45, 7) is 3.73. The van der Waals surface area contributed by atoms with Crippen LogP contribution < -0.4 is 5.73 Å². The number of amides is 1. The molecule has 5 heteroatoms. The van der Waals surface area contributed by atoms with Crippen LogP contribution in [0.1, 0.15) is 19.0 Å². The summed E-state index contributed by atoms with van der Waals surface area (Å²) in [4.78, 5) is 14.9. The third-order valence-corrected chi connectivity index (χ3v) is 2.77. The highest BCUT2D eigenvalue weighted by Crippen LogP contribution is 2.23. The topological polar surface area (TPSA) is 69.1 Å². The van der Waals surface area contributed by atoms with Gasteiger partial charge in [-0.05, 0) is 13.3 Å². The molecule has 1 amide bonds. The lowest BCUT2D eigenvalue weighted by Gasteiger charge is -2.05. The summed E-state index contributed by atoms with van der Waals surface area (Å²) in [5.74, 6) is -0.330. The van der Waals surface area contributed by atoms with Crippen molar-refractivity contribution in [2.24, 2.45) is 5.73 Å². The van der Waals surface area contributed by atoms with Crippen LogP contribution in [0.5, 0.6) is 0 Å². The number of aromatic nitrogens is 1. The fraction of sp³-hybridized carbons (Fsp3) is 0.500. The van der Waals surface area contributed by atoms with E-state index in [1.54, 1.807) is 6.26 Å². The molecule has 72 valence electrons. The van der Waals surface area contributed by atoms with E-state index in [9.17, 15) is 4.79 Å². The lowest BCUT2D eigenvalue weighted by atomic mass is 10.3. The van der Waals surface area contributed by atoms with Crippen molar-refractivity contribution in [2.75, 3.05) is 0 Å². The molecule has 0 saturated carbocycles. The van der Waals surface area contributed by atoms with Gasteiger partial charge in [0.25, 0.3) is 5.22 Å². The van der Waals surface area contributed by atoms with Crippen LogP contribution >= 0.6 is 11.8 Å². The Hall–Kier alpha value is -0.970. The second kappa shape index (κ2) is 4.32. The number of nitrogens with zero attached hydrogens (tertiary/aromatic N) is 1. The summed E-state index contributed by atoms with van der Waals surface area (Å²) in [5, 5.41) is 0.251. The maximum Gasteiger partial charge on any atom is 0.256 e. The Labute approximate surface area is 80.9 Å². The Balaban J connectivity index is 2.61. The summed E-state index contributed by atoms with van der Waals surface area (Å²) < 4.78 is 5.09. The van der Waals surface area contributed by atoms with E-state index in [-0.39, 0.29) is 11.2 Å². The highest BCUT2D eigenvalue weighted by atomic mass is 32.2. The Bertz CT molecular complexity index is 298. The standard InChI is InChI=1S/C8H12N2O2S/c1-3-6(7(9)11)13-8-10-5(2)4-12-8/h4,6H,3H2,1-2H3,(H2,9,11). The van der Waals surface area contributed by atoms with E-state index in [1.807, 2.05) is 13.8 Å². The molecular weight excluding hydrogens is 188 g/mol. The van der Waals surface area contributed by atoms with Crippen molar-refractivity contribution in [3.05, 3.63) is 12.0 Å². The molecule has 0 radical (unpaired) electrons. The zero-order valence-corrected chi connectivity index (χ0v) is 8.43. The van der Waals surface area contributed by atoms with Crippen molar-refractivity contribution < 1.29 is 9.21 Å². The second-order valence-electron chi connectivity index (χ2n) is 2.67. The minimum absolute atomic E-state index is 0.252. The van der Waals surface area contributed by atoms with E-state index in [4.69, 9.17) is 10.2 Å². The van der Waals surface area contributed by atoms with Gasteiger partial charge in [-0.15, -0.1) is 0 Å². The zero-order chi connectivity index (χ0) is 9.84. The first-order valence-electron chi connectivity index (χ1n) is 4.01. The largest absolute Gasteiger partial charge is 0.440 e. The number of carbonyl (C=O) groups excluding carboxylic acids is 1. The average Bonchev–Trinajstić information content (AvgIpc) is 2.46. The number of thioether (sulfide) groups is 1. The molecule has 1 heterocycles. The Morgan fingerprint density at radius 3 is 2.92 bits per heavy atom. The molecule has 0 fully saturated rings. The van der Waals surface area contributed by atoms with Gasteiger partial charge in [-0.25, -0.2) is 4.98 Å². The molecule has 13 heavy (non-hydrogen) atoms. The van der Waals surface area contributed by atoms with Crippen LogP contribution in [0, 0.1) is 6.92 Å². The van der Waals surface area contributed by atoms with E-state index < -0.39 is 0 Å². The maximum atomic E-state index is 10.9. The van der Waals surface area contributed by atoms with E-state index in [0.717, 1.165) is 5.69 Å². The van der Waals surface area contributed by atoms with Crippen LogP contribution in [0.15, 0.2) is 15.9 Å². The van der Waals surface area contributed by atoms with Crippen molar-refractivity contribution >= 4 is 17.7 Å². The van der Waals surface area contributed by atoms with Gasteiger partial charge in [0.1, 0.15) is 6.26 Å². The van der Waals surface area contributed by atoms with E-state index in [0.29, 0.717) is 11.6 Å². The lowest BCUT2D eigenvalue weighted by molar-refractivity contribution is -0.117. The Kier molecular flexibility index (Phi) is 3.36. The highest BCUT2D eigenvalue weighted by molar-refractivity contribution is 8.00. The van der Waals surface area contributed by atoms with Gasteiger partial charge in [0.2, 0.25) is 5.91 Å². The first-order chi connectivity index (χ1) is 6.13. The zero-order valence-electron chi connectivity index (χ0n) is 7.61. The quantitative estimate of drug-likeness (QED) is 0.744. The molecule has 0 aliphatic rings. The highest BCUT2D eigenvalue weighted by Gasteiger charge is 2.17. The van der Waals surface area contributed by atoms with Crippen molar-refractivity contribution in [3.63, 3.8) is 0 Å². The van der Waals surface area contributed by atoms with Crippen LogP contribution in [-0.2, 0) is 4.79 Å². The molecule has 0 saturated heterocycles. The molecule has 0 aliphatic heterocycles. The number of primary amides is 1. The smallest absolute Gasteiger partial charge is 0.256 e. The summed E-state index contributed by atoms with van der Waals surface area (Å²) >= 11 is 1.27. The van der Waals surface area contributed by atoms with Crippen LogP contribution in [0.2, 0.25) is 0 Å². The van der Waals surface area contributed by atoms with E-state index >= 15 is 0 Å². The second-order valence-corrected chi connectivity index (χ2v) is 3.83. The third kappa shape index (κ3) is 2.77. The first-order valence-corrected chi connectivity index (χ1v) is 4.89. The number of hydrogen-bond donors (Lipinski definition) is 1. The van der Waals surface area contributed by atoms with Gasteiger partial charge in [0, 0.05) is 0 Å². The molecule has 2 N–H and O–H groups in total. The molecule has 1 unspecified atom stereocenters. The number of aryl methyl sites for hydroxylation is 1. The van der Waals surface area contributed by atoms with Gasteiger partial charge in [-0.3, -0.25) is 4.79 Å². The predicted octanol–water partition coefficient (Wildman–Crippen LogP) is 1.34. The van der Waals surface area contributed by atoms with E-state index in [1.165, 1.54) is 11.8 Å². The lowest BCUT2D eigenvalue weighted by Crippen LogP contribution is -2.24. The minimum atomic E-state index is -0.330. The van der Waals surface area contributed by atoms with Gasteiger partial charge in [0.05, 0.1) is 10.9 Å². The van der Waals surface area contributed by atoms with Gasteiger partial charge in [0.15, 0.2) is 0 Å². The number of carbonyl (C=O) groups is 1.